The van der Waals surface area contributed by atoms with E-state index in [1.807, 2.05) is 6.07 Å². The number of nitrogens with zero attached hydrogens (tertiary/aromatic N) is 1. The van der Waals surface area contributed by atoms with Gasteiger partial charge in [0.1, 0.15) is 0 Å². The summed E-state index contributed by atoms with van der Waals surface area (Å²) in [4.78, 5) is 2.11. The van der Waals surface area contributed by atoms with E-state index < -0.39 is 0 Å². The molecule has 3 heteroatoms. The van der Waals surface area contributed by atoms with Gasteiger partial charge in [0.25, 0.3) is 0 Å². The highest BCUT2D eigenvalue weighted by Crippen LogP contribution is 2.30. The van der Waals surface area contributed by atoms with Crippen molar-refractivity contribution < 1.29 is 0 Å². The summed E-state index contributed by atoms with van der Waals surface area (Å²) in [7, 11) is 0. The van der Waals surface area contributed by atoms with Gasteiger partial charge < -0.3 is 4.81 Å². The number of hydrogen-bond acceptors (Lipinski definition) is 1. The quantitative estimate of drug-likeness (QED) is 0.596. The van der Waals surface area contributed by atoms with Crippen LogP contribution >= 0.6 is 11.5 Å². The highest BCUT2D eigenvalue weighted by atomic mass is 35.5. The summed E-state index contributed by atoms with van der Waals surface area (Å²) in [6.45, 7) is 3.81. The molecule has 0 aliphatic carbocycles. The molecule has 1 aromatic carbocycles. The molecule has 1 unspecified atom stereocenters. The molecule has 1 aliphatic rings. The summed E-state index contributed by atoms with van der Waals surface area (Å²) in [5.74, 6) is 0. The SMILES string of the molecule is CC1Cc2ccccc2N1[B]Cl. The van der Waals surface area contributed by atoms with Crippen molar-refractivity contribution in [1.29, 1.82) is 0 Å². The molecule has 0 fully saturated rings. The van der Waals surface area contributed by atoms with Crippen LogP contribution in [0, 0.1) is 0 Å². The van der Waals surface area contributed by atoms with Crippen molar-refractivity contribution in [3.05, 3.63) is 29.8 Å². The normalized spacial score (nSPS) is 20.8. The third kappa shape index (κ3) is 1.11. The second kappa shape index (κ2) is 3.02. The molecule has 0 saturated carbocycles. The van der Waals surface area contributed by atoms with Crippen LogP contribution in [0.1, 0.15) is 12.5 Å². The van der Waals surface area contributed by atoms with Gasteiger partial charge in [0, 0.05) is 11.7 Å². The fourth-order valence-electron chi connectivity index (χ4n) is 1.74. The number of halogens is 1. The van der Waals surface area contributed by atoms with Crippen molar-refractivity contribution in [2.75, 3.05) is 4.81 Å². The van der Waals surface area contributed by atoms with Gasteiger partial charge in [0.2, 0.25) is 0 Å². The highest BCUT2D eigenvalue weighted by molar-refractivity contribution is 6.95. The molecular formula is C9H10BClN. The van der Waals surface area contributed by atoms with Crippen molar-refractivity contribution in [3.8, 4) is 0 Å². The Labute approximate surface area is 78.5 Å². The highest BCUT2D eigenvalue weighted by Gasteiger charge is 2.24. The predicted octanol–water partition coefficient (Wildman–Crippen LogP) is 2.21. The molecular weight excluding hydrogens is 168 g/mol. The van der Waals surface area contributed by atoms with Crippen LogP contribution in [0.4, 0.5) is 5.69 Å². The van der Waals surface area contributed by atoms with Crippen molar-refractivity contribution in [2.24, 2.45) is 0 Å². The predicted molar refractivity (Wildman–Crippen MR) is 53.7 cm³/mol. The van der Waals surface area contributed by atoms with Crippen LogP contribution in [0.15, 0.2) is 24.3 Å². The number of fused-ring (bicyclic) bond motifs is 1. The van der Waals surface area contributed by atoms with Gasteiger partial charge in [-0.25, -0.2) is 0 Å². The Hall–Kier alpha value is -0.625. The first-order valence-electron chi connectivity index (χ1n) is 4.12. The van der Waals surface area contributed by atoms with Crippen molar-refractivity contribution >= 4 is 24.0 Å². The average molecular weight is 178 g/mol. The smallest absolute Gasteiger partial charge is 0.371 e. The Balaban J connectivity index is 2.40. The van der Waals surface area contributed by atoms with E-state index in [0.717, 1.165) is 6.42 Å². The molecule has 1 atom stereocenters. The molecule has 61 valence electrons. The molecule has 1 radical (unpaired) electrons. The summed E-state index contributed by atoms with van der Waals surface area (Å²) in [6.07, 6.45) is 1.10. The van der Waals surface area contributed by atoms with E-state index in [-0.39, 0.29) is 0 Å². The lowest BCUT2D eigenvalue weighted by molar-refractivity contribution is 0.787. The second-order valence-electron chi connectivity index (χ2n) is 3.19. The van der Waals surface area contributed by atoms with Gasteiger partial charge in [0.05, 0.1) is 0 Å². The summed E-state index contributed by atoms with van der Waals surface area (Å²) in [5, 5.41) is 0. The molecule has 0 spiro atoms. The van der Waals surface area contributed by atoms with Crippen LogP contribution in [-0.4, -0.2) is 12.9 Å². The third-order valence-corrected chi connectivity index (χ3v) is 2.58. The Morgan fingerprint density at radius 1 is 1.50 bits per heavy atom. The monoisotopic (exact) mass is 178 g/mol. The zero-order valence-corrected chi connectivity index (χ0v) is 7.75. The molecule has 1 aliphatic heterocycles. The van der Waals surface area contributed by atoms with E-state index in [0.29, 0.717) is 6.04 Å². The van der Waals surface area contributed by atoms with Crippen LogP contribution in [0.25, 0.3) is 0 Å². The summed E-state index contributed by atoms with van der Waals surface area (Å²) >= 11 is 5.73. The van der Waals surface area contributed by atoms with Crippen LogP contribution in [0.2, 0.25) is 0 Å². The van der Waals surface area contributed by atoms with Crippen LogP contribution < -0.4 is 4.81 Å². The molecule has 12 heavy (non-hydrogen) atoms. The number of rotatable bonds is 1. The van der Waals surface area contributed by atoms with Gasteiger partial charge in [-0.1, -0.05) is 18.2 Å². The van der Waals surface area contributed by atoms with Gasteiger partial charge in [-0.05, 0) is 25.0 Å². The zero-order chi connectivity index (χ0) is 8.55. The van der Waals surface area contributed by atoms with Crippen LogP contribution in [0.5, 0.6) is 0 Å². The molecule has 2 rings (SSSR count). The van der Waals surface area contributed by atoms with Gasteiger partial charge in [-0.3, -0.25) is 0 Å². The first-order chi connectivity index (χ1) is 5.83. The number of benzene rings is 1. The Morgan fingerprint density at radius 2 is 2.25 bits per heavy atom. The lowest BCUT2D eigenvalue weighted by atomic mass is 10.1. The summed E-state index contributed by atoms with van der Waals surface area (Å²) in [6, 6.07) is 8.89. The van der Waals surface area contributed by atoms with E-state index in [9.17, 15) is 0 Å². The van der Waals surface area contributed by atoms with E-state index in [2.05, 4.69) is 29.9 Å². The average Bonchev–Trinajstić information content (AvgIpc) is 2.40. The summed E-state index contributed by atoms with van der Waals surface area (Å²) in [5.41, 5.74) is 2.64. The van der Waals surface area contributed by atoms with Crippen molar-refractivity contribution in [1.82, 2.24) is 0 Å². The first-order valence-corrected chi connectivity index (χ1v) is 4.56. The van der Waals surface area contributed by atoms with Crippen LogP contribution in [0.3, 0.4) is 0 Å². The molecule has 0 saturated heterocycles. The molecule has 1 nitrogen and oxygen atoms in total. The molecule has 0 aromatic heterocycles. The Kier molecular flexibility index (Phi) is 2.01. The zero-order valence-electron chi connectivity index (χ0n) is 7.00. The van der Waals surface area contributed by atoms with Gasteiger partial charge in [-0.2, -0.15) is 11.5 Å². The van der Waals surface area contributed by atoms with Gasteiger partial charge >= 0.3 is 6.83 Å². The Morgan fingerprint density at radius 3 is 3.00 bits per heavy atom. The topological polar surface area (TPSA) is 3.24 Å². The van der Waals surface area contributed by atoms with Crippen molar-refractivity contribution in [3.63, 3.8) is 0 Å². The minimum atomic E-state index is 0.500. The molecule has 1 heterocycles. The maximum atomic E-state index is 5.73. The van der Waals surface area contributed by atoms with Gasteiger partial charge in [0.15, 0.2) is 0 Å². The second-order valence-corrected chi connectivity index (χ2v) is 3.38. The molecule has 1 aromatic rings. The maximum Gasteiger partial charge on any atom is 0.371 e. The Bertz CT molecular complexity index is 290. The van der Waals surface area contributed by atoms with E-state index in [1.54, 1.807) is 6.83 Å². The van der Waals surface area contributed by atoms with Gasteiger partial charge in [-0.15, -0.1) is 0 Å². The fourth-order valence-corrected chi connectivity index (χ4v) is 2.04. The third-order valence-electron chi connectivity index (χ3n) is 2.37. The van der Waals surface area contributed by atoms with E-state index in [4.69, 9.17) is 11.5 Å². The fraction of sp³-hybridized carbons (Fsp3) is 0.333. The maximum absolute atomic E-state index is 5.73. The minimum Gasteiger partial charge on any atom is -0.402 e. The lowest BCUT2D eigenvalue weighted by Gasteiger charge is -2.20. The van der Waals surface area contributed by atoms with E-state index in [1.165, 1.54) is 11.3 Å². The largest absolute Gasteiger partial charge is 0.402 e. The molecule has 0 amide bonds. The van der Waals surface area contributed by atoms with E-state index >= 15 is 0 Å². The number of anilines is 1. The minimum absolute atomic E-state index is 0.500. The molecule has 0 bridgehead atoms. The summed E-state index contributed by atoms with van der Waals surface area (Å²) < 4.78 is 0. The standard InChI is InChI=1S/C9H10BClN/c1-7-6-8-4-2-3-5-9(8)12(7)10-11/h2-5,7H,6H2,1H3. The van der Waals surface area contributed by atoms with Crippen LogP contribution in [-0.2, 0) is 6.42 Å². The first kappa shape index (κ1) is 8.00. The van der Waals surface area contributed by atoms with Crippen molar-refractivity contribution in [2.45, 2.75) is 19.4 Å². The number of para-hydroxylation sites is 1. The molecule has 0 N–H and O–H groups in total. The lowest BCUT2D eigenvalue weighted by Crippen LogP contribution is -2.30. The number of hydrogen-bond donors (Lipinski definition) is 0.